The largest absolute Gasteiger partial charge is 0.330 e. The minimum Gasteiger partial charge on any atom is -0.330 e. The van der Waals surface area contributed by atoms with Gasteiger partial charge in [0.2, 0.25) is 0 Å². The summed E-state index contributed by atoms with van der Waals surface area (Å²) in [6.45, 7) is 2.86. The second-order valence-electron chi connectivity index (χ2n) is 5.28. The van der Waals surface area contributed by atoms with E-state index in [0.29, 0.717) is 5.92 Å². The maximum Gasteiger partial charge on any atom is 0.0492 e. The van der Waals surface area contributed by atoms with Gasteiger partial charge in [0.05, 0.1) is 0 Å². The molecule has 2 N–H and O–H groups in total. The van der Waals surface area contributed by atoms with Crippen LogP contribution in [0.3, 0.4) is 0 Å². The van der Waals surface area contributed by atoms with Gasteiger partial charge >= 0.3 is 0 Å². The number of benzene rings is 1. The van der Waals surface area contributed by atoms with Crippen molar-refractivity contribution in [3.05, 3.63) is 53.3 Å². The quantitative estimate of drug-likeness (QED) is 0.864. The zero-order valence-electron chi connectivity index (χ0n) is 11.8. The van der Waals surface area contributed by atoms with Crippen molar-refractivity contribution in [1.82, 2.24) is 9.78 Å². The molecule has 0 aliphatic heterocycles. The first-order chi connectivity index (χ1) is 9.19. The standard InChI is InChI=1S/C16H23N3/c1-13-3-5-14(6-4-13)11-15(12-17)7-8-16-9-10-18-19(16)2/h3-6,9-10,15H,7-8,11-12,17H2,1-2H3. The van der Waals surface area contributed by atoms with Crippen LogP contribution in [0.5, 0.6) is 0 Å². The lowest BCUT2D eigenvalue weighted by molar-refractivity contribution is 0.485. The predicted molar refractivity (Wildman–Crippen MR) is 79.0 cm³/mol. The second kappa shape index (κ2) is 6.53. The van der Waals surface area contributed by atoms with E-state index in [-0.39, 0.29) is 0 Å². The maximum absolute atomic E-state index is 5.91. The van der Waals surface area contributed by atoms with Gasteiger partial charge in [0.15, 0.2) is 0 Å². The Morgan fingerprint density at radius 3 is 2.53 bits per heavy atom. The van der Waals surface area contributed by atoms with Crippen molar-refractivity contribution in [1.29, 1.82) is 0 Å². The Balaban J connectivity index is 1.90. The smallest absolute Gasteiger partial charge is 0.0492 e. The normalized spacial score (nSPS) is 12.6. The van der Waals surface area contributed by atoms with Gasteiger partial charge in [0, 0.05) is 18.9 Å². The second-order valence-corrected chi connectivity index (χ2v) is 5.28. The molecule has 2 aromatic rings. The molecule has 1 atom stereocenters. The third-order valence-corrected chi connectivity index (χ3v) is 3.71. The predicted octanol–water partition coefficient (Wildman–Crippen LogP) is 2.48. The third kappa shape index (κ3) is 3.93. The fourth-order valence-corrected chi connectivity index (χ4v) is 2.36. The van der Waals surface area contributed by atoms with Gasteiger partial charge in [0.25, 0.3) is 0 Å². The van der Waals surface area contributed by atoms with Crippen molar-refractivity contribution in [3.63, 3.8) is 0 Å². The Morgan fingerprint density at radius 1 is 1.21 bits per heavy atom. The lowest BCUT2D eigenvalue weighted by Crippen LogP contribution is -2.18. The molecule has 2 rings (SSSR count). The van der Waals surface area contributed by atoms with Crippen LogP contribution in [-0.4, -0.2) is 16.3 Å². The molecule has 3 nitrogen and oxygen atoms in total. The van der Waals surface area contributed by atoms with Crippen molar-refractivity contribution < 1.29 is 0 Å². The third-order valence-electron chi connectivity index (χ3n) is 3.71. The van der Waals surface area contributed by atoms with E-state index in [9.17, 15) is 0 Å². The summed E-state index contributed by atoms with van der Waals surface area (Å²) in [7, 11) is 1.99. The highest BCUT2D eigenvalue weighted by atomic mass is 15.2. The van der Waals surface area contributed by atoms with Gasteiger partial charge in [-0.1, -0.05) is 29.8 Å². The summed E-state index contributed by atoms with van der Waals surface area (Å²) in [4.78, 5) is 0. The average Bonchev–Trinajstić information content (AvgIpc) is 2.82. The van der Waals surface area contributed by atoms with Crippen LogP contribution in [0.25, 0.3) is 0 Å². The molecule has 1 aromatic carbocycles. The topological polar surface area (TPSA) is 43.8 Å². The van der Waals surface area contributed by atoms with Crippen LogP contribution in [0.15, 0.2) is 36.5 Å². The summed E-state index contributed by atoms with van der Waals surface area (Å²) in [6, 6.07) is 10.8. The molecule has 1 heterocycles. The number of nitrogens with zero attached hydrogens (tertiary/aromatic N) is 2. The monoisotopic (exact) mass is 257 g/mol. The highest BCUT2D eigenvalue weighted by Crippen LogP contribution is 2.15. The van der Waals surface area contributed by atoms with E-state index in [1.807, 2.05) is 17.9 Å². The van der Waals surface area contributed by atoms with E-state index < -0.39 is 0 Å². The minimum absolute atomic E-state index is 0.539. The number of nitrogens with two attached hydrogens (primary N) is 1. The summed E-state index contributed by atoms with van der Waals surface area (Å²) in [5, 5.41) is 4.20. The van der Waals surface area contributed by atoms with Crippen molar-refractivity contribution in [3.8, 4) is 0 Å². The van der Waals surface area contributed by atoms with E-state index in [4.69, 9.17) is 5.73 Å². The van der Waals surface area contributed by atoms with E-state index in [1.54, 1.807) is 0 Å². The maximum atomic E-state index is 5.91. The van der Waals surface area contributed by atoms with Gasteiger partial charge in [0.1, 0.15) is 0 Å². The zero-order valence-corrected chi connectivity index (χ0v) is 11.8. The van der Waals surface area contributed by atoms with Gasteiger partial charge in [-0.2, -0.15) is 5.10 Å². The molecular weight excluding hydrogens is 234 g/mol. The van der Waals surface area contributed by atoms with Gasteiger partial charge in [-0.15, -0.1) is 0 Å². The highest BCUT2D eigenvalue weighted by molar-refractivity contribution is 5.21. The number of rotatable bonds is 6. The van der Waals surface area contributed by atoms with Gasteiger partial charge in [-0.3, -0.25) is 4.68 Å². The van der Waals surface area contributed by atoms with Crippen molar-refractivity contribution in [2.75, 3.05) is 6.54 Å². The van der Waals surface area contributed by atoms with Crippen molar-refractivity contribution >= 4 is 0 Å². The first-order valence-corrected chi connectivity index (χ1v) is 6.91. The first kappa shape index (κ1) is 13.8. The lowest BCUT2D eigenvalue weighted by atomic mass is 9.94. The minimum atomic E-state index is 0.539. The van der Waals surface area contributed by atoms with E-state index in [2.05, 4.69) is 42.4 Å². The Kier molecular flexibility index (Phi) is 4.74. The summed E-state index contributed by atoms with van der Waals surface area (Å²) in [6.07, 6.45) is 5.08. The molecule has 0 radical (unpaired) electrons. The molecule has 0 aliphatic carbocycles. The molecule has 1 unspecified atom stereocenters. The molecule has 0 bridgehead atoms. The van der Waals surface area contributed by atoms with Gasteiger partial charge in [-0.05, 0) is 50.3 Å². The fourth-order valence-electron chi connectivity index (χ4n) is 2.36. The van der Waals surface area contributed by atoms with Crippen LogP contribution in [0.1, 0.15) is 23.2 Å². The van der Waals surface area contributed by atoms with E-state index in [0.717, 1.165) is 25.8 Å². The summed E-state index contributed by atoms with van der Waals surface area (Å²) >= 11 is 0. The van der Waals surface area contributed by atoms with Crippen molar-refractivity contribution in [2.45, 2.75) is 26.2 Å². The molecule has 0 fully saturated rings. The molecule has 0 amide bonds. The highest BCUT2D eigenvalue weighted by Gasteiger charge is 2.09. The fraction of sp³-hybridized carbons (Fsp3) is 0.438. The lowest BCUT2D eigenvalue weighted by Gasteiger charge is -2.15. The van der Waals surface area contributed by atoms with Crippen LogP contribution in [0, 0.1) is 12.8 Å². The number of aryl methyl sites for hydroxylation is 3. The molecule has 0 saturated carbocycles. The van der Waals surface area contributed by atoms with Crippen LogP contribution >= 0.6 is 0 Å². The van der Waals surface area contributed by atoms with Gasteiger partial charge in [-0.25, -0.2) is 0 Å². The zero-order chi connectivity index (χ0) is 13.7. The van der Waals surface area contributed by atoms with E-state index in [1.165, 1.54) is 16.8 Å². The molecular formula is C16H23N3. The Bertz CT molecular complexity index is 499. The van der Waals surface area contributed by atoms with Crippen LogP contribution in [0.4, 0.5) is 0 Å². The SMILES string of the molecule is Cc1ccc(CC(CN)CCc2ccnn2C)cc1. The van der Waals surface area contributed by atoms with Crippen LogP contribution in [0.2, 0.25) is 0 Å². The molecule has 0 saturated heterocycles. The number of hydrogen-bond donors (Lipinski definition) is 1. The van der Waals surface area contributed by atoms with Gasteiger partial charge < -0.3 is 5.73 Å². The molecule has 3 heteroatoms. The van der Waals surface area contributed by atoms with Crippen LogP contribution in [-0.2, 0) is 19.9 Å². The number of hydrogen-bond acceptors (Lipinski definition) is 2. The summed E-state index contributed by atoms with van der Waals surface area (Å²) < 4.78 is 1.94. The Hall–Kier alpha value is -1.61. The Morgan fingerprint density at radius 2 is 1.95 bits per heavy atom. The molecule has 19 heavy (non-hydrogen) atoms. The first-order valence-electron chi connectivity index (χ1n) is 6.91. The molecule has 0 spiro atoms. The average molecular weight is 257 g/mol. The van der Waals surface area contributed by atoms with Crippen molar-refractivity contribution in [2.24, 2.45) is 18.7 Å². The number of aromatic nitrogens is 2. The summed E-state index contributed by atoms with van der Waals surface area (Å²) in [5.41, 5.74) is 9.87. The van der Waals surface area contributed by atoms with E-state index >= 15 is 0 Å². The molecule has 0 aliphatic rings. The summed E-state index contributed by atoms with van der Waals surface area (Å²) in [5.74, 6) is 0.539. The molecule has 102 valence electrons. The molecule has 1 aromatic heterocycles. The Labute approximate surface area is 115 Å². The van der Waals surface area contributed by atoms with Crippen LogP contribution < -0.4 is 5.73 Å².